The Balaban J connectivity index is 1.76. The minimum atomic E-state index is -0.615. The molecule has 2 saturated heterocycles. The molecule has 0 aliphatic carbocycles. The van der Waals surface area contributed by atoms with Gasteiger partial charge in [0, 0.05) is 6.04 Å². The third-order valence-corrected chi connectivity index (χ3v) is 5.26. The van der Waals surface area contributed by atoms with E-state index >= 15 is 0 Å². The van der Waals surface area contributed by atoms with E-state index in [4.69, 9.17) is 5.11 Å². The van der Waals surface area contributed by atoms with E-state index in [1.807, 2.05) is 6.92 Å². The number of carboxylic acids is 1. The van der Waals surface area contributed by atoms with Gasteiger partial charge in [0.15, 0.2) is 0 Å². The quantitative estimate of drug-likeness (QED) is 0.699. The number of carbonyl (C=O) groups is 1. The summed E-state index contributed by atoms with van der Waals surface area (Å²) in [6.07, 6.45) is 7.76. The first-order valence-corrected chi connectivity index (χ1v) is 8.37. The maximum atomic E-state index is 11.1. The van der Waals surface area contributed by atoms with Crippen LogP contribution in [0.4, 0.5) is 0 Å². The number of piperidine rings is 2. The lowest BCUT2D eigenvalue weighted by molar-refractivity contribution is -0.142. The first kappa shape index (κ1) is 15.8. The van der Waals surface area contributed by atoms with E-state index in [1.165, 1.54) is 25.7 Å². The van der Waals surface area contributed by atoms with Crippen LogP contribution in [0.15, 0.2) is 0 Å². The molecule has 3 N–H and O–H groups in total. The van der Waals surface area contributed by atoms with Gasteiger partial charge < -0.3 is 15.7 Å². The van der Waals surface area contributed by atoms with Crippen molar-refractivity contribution in [3.8, 4) is 0 Å². The van der Waals surface area contributed by atoms with Crippen LogP contribution in [-0.4, -0.2) is 36.8 Å². The van der Waals surface area contributed by atoms with E-state index in [9.17, 15) is 4.79 Å². The molecule has 2 heterocycles. The fraction of sp³-hybridized carbons (Fsp3) is 0.938. The van der Waals surface area contributed by atoms with Gasteiger partial charge in [-0.15, -0.1) is 0 Å². The average Bonchev–Trinajstić information content (AvgIpc) is 2.49. The fourth-order valence-electron chi connectivity index (χ4n) is 3.84. The summed E-state index contributed by atoms with van der Waals surface area (Å²) in [4.78, 5) is 11.1. The molecule has 0 bridgehead atoms. The molecule has 0 saturated carbocycles. The van der Waals surface area contributed by atoms with Crippen molar-refractivity contribution in [1.82, 2.24) is 10.6 Å². The molecule has 4 heteroatoms. The molecule has 3 unspecified atom stereocenters. The Labute approximate surface area is 122 Å². The minimum Gasteiger partial charge on any atom is -0.481 e. The molecule has 4 nitrogen and oxygen atoms in total. The topological polar surface area (TPSA) is 61.4 Å². The molecule has 2 aliphatic heterocycles. The largest absolute Gasteiger partial charge is 0.481 e. The normalized spacial score (nSPS) is 30.1. The van der Waals surface area contributed by atoms with Crippen LogP contribution < -0.4 is 10.6 Å². The second-order valence-electron chi connectivity index (χ2n) is 6.56. The Morgan fingerprint density at radius 1 is 1.25 bits per heavy atom. The molecular formula is C16H30N2O2. The summed E-state index contributed by atoms with van der Waals surface area (Å²) >= 11 is 0. The van der Waals surface area contributed by atoms with Crippen LogP contribution in [0.1, 0.15) is 51.9 Å². The van der Waals surface area contributed by atoms with Crippen molar-refractivity contribution >= 4 is 5.97 Å². The molecule has 116 valence electrons. The zero-order chi connectivity index (χ0) is 14.4. The Morgan fingerprint density at radius 2 is 2.00 bits per heavy atom. The molecule has 0 aromatic heterocycles. The summed E-state index contributed by atoms with van der Waals surface area (Å²) in [6, 6.07) is 0.667. The van der Waals surface area contributed by atoms with Gasteiger partial charge in [-0.05, 0) is 76.4 Å². The van der Waals surface area contributed by atoms with Crippen LogP contribution >= 0.6 is 0 Å². The average molecular weight is 282 g/mol. The maximum absolute atomic E-state index is 11.1. The van der Waals surface area contributed by atoms with Crippen LogP contribution in [0.3, 0.4) is 0 Å². The fourth-order valence-corrected chi connectivity index (χ4v) is 3.84. The highest BCUT2D eigenvalue weighted by Gasteiger charge is 2.29. The summed E-state index contributed by atoms with van der Waals surface area (Å²) in [5.74, 6) is 0.795. The Bertz CT molecular complexity index is 303. The van der Waals surface area contributed by atoms with Crippen LogP contribution in [0.5, 0.6) is 0 Å². The molecule has 3 atom stereocenters. The van der Waals surface area contributed by atoms with Crippen LogP contribution in [-0.2, 0) is 4.79 Å². The Hall–Kier alpha value is -0.610. The molecule has 2 aliphatic rings. The van der Waals surface area contributed by atoms with E-state index in [-0.39, 0.29) is 5.92 Å². The van der Waals surface area contributed by atoms with E-state index in [0.29, 0.717) is 6.04 Å². The summed E-state index contributed by atoms with van der Waals surface area (Å²) in [5, 5.41) is 16.3. The zero-order valence-electron chi connectivity index (χ0n) is 12.7. The third kappa shape index (κ3) is 4.45. The summed E-state index contributed by atoms with van der Waals surface area (Å²) < 4.78 is 0. The predicted octanol–water partition coefficient (Wildman–Crippen LogP) is 2.25. The highest BCUT2D eigenvalue weighted by molar-refractivity contribution is 5.69. The van der Waals surface area contributed by atoms with Crippen molar-refractivity contribution in [2.75, 3.05) is 19.6 Å². The Morgan fingerprint density at radius 3 is 2.65 bits per heavy atom. The van der Waals surface area contributed by atoms with Crippen molar-refractivity contribution in [3.05, 3.63) is 0 Å². The predicted molar refractivity (Wildman–Crippen MR) is 80.8 cm³/mol. The van der Waals surface area contributed by atoms with Crippen LogP contribution in [0, 0.1) is 17.8 Å². The second kappa shape index (κ2) is 7.99. The molecule has 20 heavy (non-hydrogen) atoms. The maximum Gasteiger partial charge on any atom is 0.306 e. The number of hydrogen-bond donors (Lipinski definition) is 3. The lowest BCUT2D eigenvalue weighted by atomic mass is 9.79. The van der Waals surface area contributed by atoms with E-state index < -0.39 is 5.97 Å². The van der Waals surface area contributed by atoms with Gasteiger partial charge in [-0.25, -0.2) is 0 Å². The standard InChI is InChI=1S/C16H30N2O2/c1-2-13(16(19)20)4-3-12-5-10-18-15(11-12)14-6-8-17-9-7-14/h12-15,17-18H,2-11H2,1H3,(H,19,20). The van der Waals surface area contributed by atoms with Gasteiger partial charge in [-0.1, -0.05) is 6.92 Å². The van der Waals surface area contributed by atoms with Gasteiger partial charge in [-0.3, -0.25) is 4.79 Å². The first-order chi connectivity index (χ1) is 9.70. The van der Waals surface area contributed by atoms with Crippen molar-refractivity contribution in [2.45, 2.75) is 57.9 Å². The highest BCUT2D eigenvalue weighted by Crippen LogP contribution is 2.30. The summed E-state index contributed by atoms with van der Waals surface area (Å²) in [7, 11) is 0. The number of rotatable bonds is 6. The monoisotopic (exact) mass is 282 g/mol. The van der Waals surface area contributed by atoms with E-state index in [0.717, 1.165) is 50.7 Å². The van der Waals surface area contributed by atoms with E-state index in [1.54, 1.807) is 0 Å². The third-order valence-electron chi connectivity index (χ3n) is 5.26. The SMILES string of the molecule is CCC(CCC1CCNC(C2CCNCC2)C1)C(=O)O. The van der Waals surface area contributed by atoms with Gasteiger partial charge in [0.25, 0.3) is 0 Å². The van der Waals surface area contributed by atoms with Gasteiger partial charge in [-0.2, -0.15) is 0 Å². The minimum absolute atomic E-state index is 0.137. The second-order valence-corrected chi connectivity index (χ2v) is 6.56. The lowest BCUT2D eigenvalue weighted by Crippen LogP contribution is -2.46. The molecular weight excluding hydrogens is 252 g/mol. The number of aliphatic carboxylic acids is 1. The first-order valence-electron chi connectivity index (χ1n) is 8.37. The van der Waals surface area contributed by atoms with Gasteiger partial charge in [0.1, 0.15) is 0 Å². The Kier molecular flexibility index (Phi) is 6.30. The van der Waals surface area contributed by atoms with Gasteiger partial charge in [0.2, 0.25) is 0 Å². The van der Waals surface area contributed by atoms with Gasteiger partial charge >= 0.3 is 5.97 Å². The molecule has 0 amide bonds. The van der Waals surface area contributed by atoms with Crippen LogP contribution in [0.25, 0.3) is 0 Å². The lowest BCUT2D eigenvalue weighted by Gasteiger charge is -2.37. The molecule has 0 aromatic rings. The molecule has 0 radical (unpaired) electrons. The zero-order valence-corrected chi connectivity index (χ0v) is 12.7. The smallest absolute Gasteiger partial charge is 0.306 e. The summed E-state index contributed by atoms with van der Waals surface area (Å²) in [5.41, 5.74) is 0. The number of carboxylic acid groups (broad SMARTS) is 1. The van der Waals surface area contributed by atoms with Crippen LogP contribution in [0.2, 0.25) is 0 Å². The van der Waals surface area contributed by atoms with Gasteiger partial charge in [0.05, 0.1) is 5.92 Å². The number of hydrogen-bond acceptors (Lipinski definition) is 3. The number of nitrogens with one attached hydrogen (secondary N) is 2. The molecule has 0 aromatic carbocycles. The highest BCUT2D eigenvalue weighted by atomic mass is 16.4. The van der Waals surface area contributed by atoms with Crippen molar-refractivity contribution in [3.63, 3.8) is 0 Å². The van der Waals surface area contributed by atoms with Crippen molar-refractivity contribution in [1.29, 1.82) is 0 Å². The summed E-state index contributed by atoms with van der Waals surface area (Å²) in [6.45, 7) is 5.41. The molecule has 2 fully saturated rings. The molecule has 2 rings (SSSR count). The van der Waals surface area contributed by atoms with Crippen molar-refractivity contribution < 1.29 is 9.90 Å². The molecule has 0 spiro atoms. The van der Waals surface area contributed by atoms with Crippen molar-refractivity contribution in [2.24, 2.45) is 17.8 Å². The van der Waals surface area contributed by atoms with E-state index in [2.05, 4.69) is 10.6 Å².